The summed E-state index contributed by atoms with van der Waals surface area (Å²) < 4.78 is 1.57. The molecule has 23 heavy (non-hydrogen) atoms. The molecule has 0 spiro atoms. The molecule has 0 bridgehead atoms. The smallest absolute Gasteiger partial charge is 0.248 e. The molecule has 122 valence electrons. The average molecular weight is 315 g/mol. The lowest BCUT2D eigenvalue weighted by Gasteiger charge is -2.18. The van der Waals surface area contributed by atoms with Crippen molar-refractivity contribution in [3.63, 3.8) is 0 Å². The topological polar surface area (TPSA) is 93.2 Å². The normalized spacial score (nSPS) is 12.2. The molecule has 2 amide bonds. The lowest BCUT2D eigenvalue weighted by atomic mass is 10.1. The van der Waals surface area contributed by atoms with Crippen LogP contribution in [-0.4, -0.2) is 40.6 Å². The zero-order valence-electron chi connectivity index (χ0n) is 13.5. The largest absolute Gasteiger partial charge is 0.366 e. The van der Waals surface area contributed by atoms with Gasteiger partial charge in [-0.2, -0.15) is 5.10 Å². The Morgan fingerprint density at radius 1 is 1.39 bits per heavy atom. The molecule has 1 heterocycles. The van der Waals surface area contributed by atoms with E-state index in [1.165, 1.54) is 0 Å². The highest BCUT2D eigenvalue weighted by Gasteiger charge is 2.17. The van der Waals surface area contributed by atoms with Gasteiger partial charge in [0.05, 0.1) is 0 Å². The molecule has 0 saturated heterocycles. The van der Waals surface area contributed by atoms with E-state index in [-0.39, 0.29) is 5.91 Å². The van der Waals surface area contributed by atoms with Gasteiger partial charge < -0.3 is 16.0 Å². The number of nitrogens with zero attached hydrogens (tertiary/aromatic N) is 3. The summed E-state index contributed by atoms with van der Waals surface area (Å²) in [4.78, 5) is 25.8. The minimum atomic E-state index is -0.531. The van der Waals surface area contributed by atoms with E-state index >= 15 is 0 Å². The Morgan fingerprint density at radius 3 is 2.70 bits per heavy atom. The third kappa shape index (κ3) is 4.17. The molecular weight excluding hydrogens is 294 g/mol. The number of hydrogen-bond acceptors (Lipinski definition) is 4. The molecule has 1 aromatic carbocycles. The van der Waals surface area contributed by atoms with Gasteiger partial charge in [-0.25, -0.2) is 0 Å². The SMILES string of the molecule is CC(C(=O)Nc1cc(C(N)=O)ccc1CN(C)C)n1cccn1. The first kappa shape index (κ1) is 16.7. The van der Waals surface area contributed by atoms with Crippen molar-refractivity contribution in [3.8, 4) is 0 Å². The zero-order valence-corrected chi connectivity index (χ0v) is 13.5. The van der Waals surface area contributed by atoms with Crippen LogP contribution in [-0.2, 0) is 11.3 Å². The van der Waals surface area contributed by atoms with E-state index in [1.54, 1.807) is 48.3 Å². The van der Waals surface area contributed by atoms with Crippen LogP contribution in [0.25, 0.3) is 0 Å². The number of nitrogens with two attached hydrogens (primary N) is 1. The van der Waals surface area contributed by atoms with E-state index in [2.05, 4.69) is 10.4 Å². The zero-order chi connectivity index (χ0) is 17.0. The first-order chi connectivity index (χ1) is 10.9. The molecule has 1 aromatic heterocycles. The average Bonchev–Trinajstić information content (AvgIpc) is 3.01. The van der Waals surface area contributed by atoms with Gasteiger partial charge in [0.15, 0.2) is 0 Å². The fourth-order valence-electron chi connectivity index (χ4n) is 2.19. The first-order valence-corrected chi connectivity index (χ1v) is 7.26. The predicted octanol–water partition coefficient (Wildman–Crippen LogP) is 1.24. The number of nitrogens with one attached hydrogen (secondary N) is 1. The van der Waals surface area contributed by atoms with Gasteiger partial charge in [-0.1, -0.05) is 6.07 Å². The Morgan fingerprint density at radius 2 is 2.13 bits per heavy atom. The molecule has 7 heteroatoms. The van der Waals surface area contributed by atoms with E-state index in [0.717, 1.165) is 5.56 Å². The highest BCUT2D eigenvalue weighted by atomic mass is 16.2. The number of carbonyl (C=O) groups is 2. The van der Waals surface area contributed by atoms with Crippen LogP contribution in [0.3, 0.4) is 0 Å². The Labute approximate surface area is 135 Å². The molecular formula is C16H21N5O2. The first-order valence-electron chi connectivity index (χ1n) is 7.26. The van der Waals surface area contributed by atoms with Crippen molar-refractivity contribution in [2.45, 2.75) is 19.5 Å². The van der Waals surface area contributed by atoms with Gasteiger partial charge in [0.25, 0.3) is 0 Å². The number of aromatic nitrogens is 2. The fourth-order valence-corrected chi connectivity index (χ4v) is 2.19. The van der Waals surface area contributed by atoms with Crippen molar-refractivity contribution in [2.24, 2.45) is 5.73 Å². The molecule has 3 N–H and O–H groups in total. The maximum absolute atomic E-state index is 12.4. The Bertz CT molecular complexity index is 695. The van der Waals surface area contributed by atoms with Crippen LogP contribution in [0.2, 0.25) is 0 Å². The quantitative estimate of drug-likeness (QED) is 0.839. The summed E-state index contributed by atoms with van der Waals surface area (Å²) in [5.74, 6) is -0.743. The Kier molecular flexibility index (Phi) is 5.13. The van der Waals surface area contributed by atoms with Gasteiger partial charge in [-0.05, 0) is 44.8 Å². The summed E-state index contributed by atoms with van der Waals surface area (Å²) in [5, 5.41) is 6.93. The molecule has 1 unspecified atom stereocenters. The minimum absolute atomic E-state index is 0.213. The van der Waals surface area contributed by atoms with Crippen LogP contribution >= 0.6 is 0 Å². The van der Waals surface area contributed by atoms with Crippen molar-refractivity contribution >= 4 is 17.5 Å². The summed E-state index contributed by atoms with van der Waals surface area (Å²) in [6, 6.07) is 6.36. The van der Waals surface area contributed by atoms with E-state index < -0.39 is 11.9 Å². The third-order valence-corrected chi connectivity index (χ3v) is 3.44. The maximum Gasteiger partial charge on any atom is 0.248 e. The number of amides is 2. The number of hydrogen-bond donors (Lipinski definition) is 2. The molecule has 0 aliphatic carbocycles. The van der Waals surface area contributed by atoms with E-state index in [9.17, 15) is 9.59 Å². The molecule has 1 atom stereocenters. The summed E-state index contributed by atoms with van der Waals surface area (Å²) in [7, 11) is 3.86. The Balaban J connectivity index is 2.26. The molecule has 7 nitrogen and oxygen atoms in total. The van der Waals surface area contributed by atoms with E-state index in [4.69, 9.17) is 5.73 Å². The van der Waals surface area contributed by atoms with E-state index in [0.29, 0.717) is 17.8 Å². The van der Waals surface area contributed by atoms with Crippen molar-refractivity contribution in [1.82, 2.24) is 14.7 Å². The molecule has 0 radical (unpaired) electrons. The second kappa shape index (κ2) is 7.06. The lowest BCUT2D eigenvalue weighted by Crippen LogP contribution is -2.25. The summed E-state index contributed by atoms with van der Waals surface area (Å²) >= 11 is 0. The summed E-state index contributed by atoms with van der Waals surface area (Å²) in [6.07, 6.45) is 3.35. The van der Waals surface area contributed by atoms with Crippen LogP contribution in [0.1, 0.15) is 28.9 Å². The van der Waals surface area contributed by atoms with Gasteiger partial charge in [0.2, 0.25) is 11.8 Å². The molecule has 0 fully saturated rings. The van der Waals surface area contributed by atoms with Crippen molar-refractivity contribution in [2.75, 3.05) is 19.4 Å². The van der Waals surface area contributed by atoms with Gasteiger partial charge >= 0.3 is 0 Å². The van der Waals surface area contributed by atoms with E-state index in [1.807, 2.05) is 19.0 Å². The van der Waals surface area contributed by atoms with Gasteiger partial charge in [0, 0.05) is 30.2 Å². The molecule has 0 saturated carbocycles. The molecule has 2 aromatic rings. The fraction of sp³-hybridized carbons (Fsp3) is 0.312. The molecule has 2 rings (SSSR count). The lowest BCUT2D eigenvalue weighted by molar-refractivity contribution is -0.119. The van der Waals surface area contributed by atoms with Gasteiger partial charge in [-0.3, -0.25) is 14.3 Å². The van der Waals surface area contributed by atoms with Crippen LogP contribution in [0.15, 0.2) is 36.7 Å². The van der Waals surface area contributed by atoms with Crippen LogP contribution in [0.5, 0.6) is 0 Å². The predicted molar refractivity (Wildman–Crippen MR) is 87.9 cm³/mol. The maximum atomic E-state index is 12.4. The molecule has 0 aliphatic rings. The van der Waals surface area contributed by atoms with Gasteiger partial charge in [0.1, 0.15) is 6.04 Å². The second-order valence-electron chi connectivity index (χ2n) is 5.63. The summed E-state index contributed by atoms with van der Waals surface area (Å²) in [6.45, 7) is 2.39. The van der Waals surface area contributed by atoms with Gasteiger partial charge in [-0.15, -0.1) is 0 Å². The summed E-state index contributed by atoms with van der Waals surface area (Å²) in [5.41, 5.74) is 7.17. The number of primary amides is 1. The number of anilines is 1. The number of carbonyl (C=O) groups excluding carboxylic acids is 2. The highest BCUT2D eigenvalue weighted by molar-refractivity contribution is 5.98. The van der Waals surface area contributed by atoms with Crippen LogP contribution in [0, 0.1) is 0 Å². The Hall–Kier alpha value is -2.67. The minimum Gasteiger partial charge on any atom is -0.366 e. The van der Waals surface area contributed by atoms with Crippen LogP contribution < -0.4 is 11.1 Å². The van der Waals surface area contributed by atoms with Crippen molar-refractivity contribution < 1.29 is 9.59 Å². The number of benzene rings is 1. The second-order valence-corrected chi connectivity index (χ2v) is 5.63. The number of rotatable bonds is 6. The highest BCUT2D eigenvalue weighted by Crippen LogP contribution is 2.20. The third-order valence-electron chi connectivity index (χ3n) is 3.44. The monoisotopic (exact) mass is 315 g/mol. The standard InChI is InChI=1S/C16H21N5O2/c1-11(21-8-4-7-18-21)16(23)19-14-9-12(15(17)22)5-6-13(14)10-20(2)3/h4-9,11H,10H2,1-3H3,(H2,17,22)(H,19,23). The molecule has 0 aliphatic heterocycles. The van der Waals surface area contributed by atoms with Crippen LogP contribution in [0.4, 0.5) is 5.69 Å². The van der Waals surface area contributed by atoms with Crippen molar-refractivity contribution in [3.05, 3.63) is 47.8 Å². The van der Waals surface area contributed by atoms with Crippen molar-refractivity contribution in [1.29, 1.82) is 0 Å².